The predicted octanol–water partition coefficient (Wildman–Crippen LogP) is 6.66. The van der Waals surface area contributed by atoms with Gasteiger partial charge in [0.15, 0.2) is 0 Å². The van der Waals surface area contributed by atoms with E-state index in [9.17, 15) is 0 Å². The Morgan fingerprint density at radius 3 is 2.09 bits per heavy atom. The molecule has 3 rings (SSSR count). The Bertz CT molecular complexity index is 761. The summed E-state index contributed by atoms with van der Waals surface area (Å²) in [6, 6.07) is 10.6. The van der Waals surface area contributed by atoms with E-state index in [1.165, 1.54) is 44.5 Å². The van der Waals surface area contributed by atoms with Crippen LogP contribution in [0.25, 0.3) is 17.2 Å². The van der Waals surface area contributed by atoms with E-state index in [0.29, 0.717) is 3.63 Å². The Morgan fingerprint density at radius 2 is 1.50 bits per heavy atom. The maximum atomic E-state index is 6.49. The van der Waals surface area contributed by atoms with E-state index in [2.05, 4.69) is 64.1 Å². The summed E-state index contributed by atoms with van der Waals surface area (Å²) in [6.45, 7) is 8.83. The van der Waals surface area contributed by atoms with E-state index in [1.54, 1.807) is 0 Å². The van der Waals surface area contributed by atoms with Gasteiger partial charge < -0.3 is 0 Å². The van der Waals surface area contributed by atoms with Crippen LogP contribution in [0.4, 0.5) is 0 Å². The van der Waals surface area contributed by atoms with E-state index in [0.717, 1.165) is 0 Å². The standard InChI is InChI=1S/C19H19.2ClH.Zr/c1-12-10-17-14(3)13(2)15(4)19(18(17)11-12)16-8-6-5-7-9-16;;;/h5-11H,1-4H3;2*1H;/q;;;+2/p-2. The summed E-state index contributed by atoms with van der Waals surface area (Å²) < 4.78 is 0.294. The normalized spacial score (nSPS) is 16.5. The van der Waals surface area contributed by atoms with Crippen molar-refractivity contribution in [2.75, 3.05) is 0 Å². The Hall–Kier alpha value is -0.357. The number of halogens is 2. The van der Waals surface area contributed by atoms with Crippen LogP contribution in [0.5, 0.6) is 0 Å². The molecule has 22 heavy (non-hydrogen) atoms. The van der Waals surface area contributed by atoms with Crippen LogP contribution in [0.15, 0.2) is 35.9 Å². The maximum absolute atomic E-state index is 6.49. The first kappa shape index (κ1) is 16.5. The molecule has 2 aromatic rings. The van der Waals surface area contributed by atoms with Gasteiger partial charge in [0.25, 0.3) is 0 Å². The quantitative estimate of drug-likeness (QED) is 0.520. The van der Waals surface area contributed by atoms with Gasteiger partial charge in [-0.1, -0.05) is 0 Å². The molecule has 0 saturated carbocycles. The van der Waals surface area contributed by atoms with E-state index >= 15 is 0 Å². The van der Waals surface area contributed by atoms with Crippen molar-refractivity contribution >= 4 is 23.1 Å². The molecule has 1 atom stereocenters. The van der Waals surface area contributed by atoms with Crippen molar-refractivity contribution in [2.45, 2.75) is 31.3 Å². The predicted molar refractivity (Wildman–Crippen MR) is 94.2 cm³/mol. The minimum absolute atomic E-state index is 0.294. The van der Waals surface area contributed by atoms with Crippen LogP contribution >= 0.6 is 17.0 Å². The van der Waals surface area contributed by atoms with Crippen LogP contribution in [-0.2, 0) is 19.4 Å². The molecule has 0 amide bonds. The van der Waals surface area contributed by atoms with Crippen LogP contribution < -0.4 is 0 Å². The third-order valence-electron chi connectivity index (χ3n) is 4.86. The van der Waals surface area contributed by atoms with Gasteiger partial charge in [0, 0.05) is 0 Å². The van der Waals surface area contributed by atoms with Crippen molar-refractivity contribution in [3.8, 4) is 11.1 Å². The summed E-state index contributed by atoms with van der Waals surface area (Å²) in [6.07, 6.45) is 2.31. The molecule has 0 aromatic heterocycles. The molecule has 0 nitrogen and oxygen atoms in total. The zero-order valence-electron chi connectivity index (χ0n) is 13.3. The summed E-state index contributed by atoms with van der Waals surface area (Å²) in [5.41, 5.74) is 10.8. The second-order valence-corrected chi connectivity index (χ2v) is 14.9. The third-order valence-corrected chi connectivity index (χ3v) is 10.3. The molecule has 1 aliphatic carbocycles. The second-order valence-electron chi connectivity index (χ2n) is 6.05. The molecule has 0 spiro atoms. The fourth-order valence-corrected chi connectivity index (χ4v) is 9.36. The molecular weight excluding hydrogens is 390 g/mol. The van der Waals surface area contributed by atoms with Crippen molar-refractivity contribution in [3.63, 3.8) is 0 Å². The molecule has 113 valence electrons. The van der Waals surface area contributed by atoms with E-state index in [1.807, 2.05) is 0 Å². The van der Waals surface area contributed by atoms with E-state index in [4.69, 9.17) is 17.0 Å². The van der Waals surface area contributed by atoms with Gasteiger partial charge in [-0.25, -0.2) is 0 Å². The average molecular weight is 409 g/mol. The van der Waals surface area contributed by atoms with E-state index < -0.39 is 19.4 Å². The zero-order chi connectivity index (χ0) is 16.0. The SMILES string of the molecule is CC1=Cc2c(-c3ccccc3)c(C)c(C)c(C)c2[CH]1[Zr]([Cl])[Cl]. The van der Waals surface area contributed by atoms with Gasteiger partial charge >= 0.3 is 149 Å². The topological polar surface area (TPSA) is 0 Å². The zero-order valence-corrected chi connectivity index (χ0v) is 17.3. The first-order valence-electron chi connectivity index (χ1n) is 7.48. The fraction of sp³-hybridized carbons (Fsp3) is 0.263. The van der Waals surface area contributed by atoms with Gasteiger partial charge in [-0.05, 0) is 0 Å². The number of rotatable bonds is 2. The number of hydrogen-bond acceptors (Lipinski definition) is 0. The molecule has 0 radical (unpaired) electrons. The summed E-state index contributed by atoms with van der Waals surface area (Å²) in [5.74, 6) is 0. The molecular formula is C19H19Cl2Zr. The first-order chi connectivity index (χ1) is 10.4. The summed E-state index contributed by atoms with van der Waals surface area (Å²) in [5, 5.41) is 0. The summed E-state index contributed by atoms with van der Waals surface area (Å²) in [4.78, 5) is 0. The molecule has 1 aliphatic rings. The Balaban J connectivity index is 2.37. The third kappa shape index (κ3) is 2.56. The molecule has 0 saturated heterocycles. The van der Waals surface area contributed by atoms with Gasteiger partial charge in [-0.15, -0.1) is 0 Å². The number of benzene rings is 2. The molecule has 1 unspecified atom stereocenters. The number of fused-ring (bicyclic) bond motifs is 1. The van der Waals surface area contributed by atoms with Gasteiger partial charge in [0.05, 0.1) is 0 Å². The fourth-order valence-electron chi connectivity index (χ4n) is 3.53. The molecule has 3 heteroatoms. The molecule has 2 aromatic carbocycles. The monoisotopic (exact) mass is 407 g/mol. The summed E-state index contributed by atoms with van der Waals surface area (Å²) in [7, 11) is 13.0. The molecule has 0 aliphatic heterocycles. The molecule has 0 fully saturated rings. The van der Waals surface area contributed by atoms with Crippen molar-refractivity contribution in [1.29, 1.82) is 0 Å². The Kier molecular flexibility index (Phi) is 4.70. The van der Waals surface area contributed by atoms with Gasteiger partial charge in [-0.3, -0.25) is 0 Å². The average Bonchev–Trinajstić information content (AvgIpc) is 2.83. The van der Waals surface area contributed by atoms with Crippen LogP contribution in [0.2, 0.25) is 0 Å². The minimum atomic E-state index is -2.41. The first-order valence-corrected chi connectivity index (χ1v) is 15.2. The second kappa shape index (κ2) is 6.27. The van der Waals surface area contributed by atoms with Crippen molar-refractivity contribution in [2.24, 2.45) is 0 Å². The molecule has 0 N–H and O–H groups in total. The number of allylic oxidation sites excluding steroid dienone is 1. The number of hydrogen-bond donors (Lipinski definition) is 0. The van der Waals surface area contributed by atoms with Crippen LogP contribution in [0.3, 0.4) is 0 Å². The van der Waals surface area contributed by atoms with Crippen molar-refractivity contribution in [1.82, 2.24) is 0 Å². The van der Waals surface area contributed by atoms with Crippen LogP contribution in [-0.4, -0.2) is 0 Å². The van der Waals surface area contributed by atoms with E-state index in [-0.39, 0.29) is 0 Å². The Labute approximate surface area is 147 Å². The summed E-state index contributed by atoms with van der Waals surface area (Å²) >= 11 is -2.41. The van der Waals surface area contributed by atoms with Gasteiger partial charge in [-0.2, -0.15) is 0 Å². The van der Waals surface area contributed by atoms with Crippen molar-refractivity contribution < 1.29 is 19.4 Å². The van der Waals surface area contributed by atoms with Crippen LogP contribution in [0, 0.1) is 20.8 Å². The van der Waals surface area contributed by atoms with Crippen LogP contribution in [0.1, 0.15) is 38.4 Å². The van der Waals surface area contributed by atoms with Crippen molar-refractivity contribution in [3.05, 3.63) is 63.7 Å². The van der Waals surface area contributed by atoms with Gasteiger partial charge in [0.1, 0.15) is 0 Å². The molecule has 0 heterocycles. The Morgan fingerprint density at radius 1 is 0.864 bits per heavy atom. The molecule has 0 bridgehead atoms. The van der Waals surface area contributed by atoms with Gasteiger partial charge in [0.2, 0.25) is 0 Å².